The van der Waals surface area contributed by atoms with E-state index < -0.39 is 0 Å². The van der Waals surface area contributed by atoms with E-state index in [2.05, 4.69) is 23.2 Å². The average molecular weight is 426 g/mol. The van der Waals surface area contributed by atoms with Crippen LogP contribution in [0.1, 0.15) is 38.6 Å². The van der Waals surface area contributed by atoms with E-state index in [1.807, 2.05) is 42.5 Å². The molecule has 2 heterocycles. The molecule has 1 N–H and O–H groups in total. The van der Waals surface area contributed by atoms with E-state index in [-0.39, 0.29) is 5.91 Å². The largest absolute Gasteiger partial charge is 0.346 e. The van der Waals surface area contributed by atoms with Crippen molar-refractivity contribution in [3.05, 3.63) is 74.6 Å². The molecule has 2 aromatic carbocycles. The Morgan fingerprint density at radius 3 is 2.69 bits per heavy atom. The molecule has 4 nitrogen and oxygen atoms in total. The van der Waals surface area contributed by atoms with Gasteiger partial charge in [0.05, 0.1) is 12.2 Å². The van der Waals surface area contributed by atoms with Crippen molar-refractivity contribution in [2.75, 3.05) is 13.1 Å². The molecule has 3 aromatic rings. The van der Waals surface area contributed by atoms with E-state index in [0.717, 1.165) is 40.8 Å². The van der Waals surface area contributed by atoms with Crippen LogP contribution in [0.5, 0.6) is 0 Å². The Balaban J connectivity index is 1.39. The predicted octanol–water partition coefficient (Wildman–Crippen LogP) is 5.30. The van der Waals surface area contributed by atoms with Crippen LogP contribution in [0, 0.1) is 6.92 Å². The Labute approximate surface area is 180 Å². The van der Waals surface area contributed by atoms with E-state index in [0.29, 0.717) is 17.1 Å². The van der Waals surface area contributed by atoms with Crippen LogP contribution >= 0.6 is 22.9 Å². The molecule has 0 spiro atoms. The normalized spacial score (nSPS) is 14.3. The minimum atomic E-state index is -0.0610. The Bertz CT molecular complexity index is 994. The molecular weight excluding hydrogens is 402 g/mol. The third kappa shape index (κ3) is 5.04. The molecule has 0 saturated carbocycles. The fraction of sp³-hybridized carbons (Fsp3) is 0.304. The number of rotatable bonds is 6. The minimum absolute atomic E-state index is 0.0610. The summed E-state index contributed by atoms with van der Waals surface area (Å²) in [5.41, 5.74) is 3.88. The van der Waals surface area contributed by atoms with Crippen LogP contribution in [0.4, 0.5) is 0 Å². The maximum atomic E-state index is 12.6. The number of benzene rings is 2. The smallest absolute Gasteiger partial charge is 0.251 e. The zero-order valence-corrected chi connectivity index (χ0v) is 18.0. The summed E-state index contributed by atoms with van der Waals surface area (Å²) < 4.78 is 0. The van der Waals surface area contributed by atoms with Crippen molar-refractivity contribution in [2.45, 2.75) is 32.9 Å². The molecule has 0 unspecified atom stereocenters. The lowest BCUT2D eigenvalue weighted by atomic mass is 10.1. The predicted molar refractivity (Wildman–Crippen MR) is 119 cm³/mol. The second-order valence-corrected chi connectivity index (χ2v) is 9.11. The number of hydrogen-bond acceptors (Lipinski definition) is 4. The molecule has 1 aromatic heterocycles. The highest BCUT2D eigenvalue weighted by Crippen LogP contribution is 2.28. The average Bonchev–Trinajstić information content (AvgIpc) is 3.36. The third-order valence-electron chi connectivity index (χ3n) is 5.15. The van der Waals surface area contributed by atoms with Crippen molar-refractivity contribution in [2.24, 2.45) is 0 Å². The lowest BCUT2D eigenvalue weighted by Gasteiger charge is -2.15. The first kappa shape index (κ1) is 20.1. The van der Waals surface area contributed by atoms with E-state index in [9.17, 15) is 4.79 Å². The summed E-state index contributed by atoms with van der Waals surface area (Å²) in [6.07, 6.45) is 2.54. The van der Waals surface area contributed by atoms with Crippen molar-refractivity contribution in [3.8, 4) is 11.3 Å². The first-order valence-corrected chi connectivity index (χ1v) is 11.1. The highest BCUT2D eigenvalue weighted by molar-refractivity contribution is 7.12. The number of carbonyl (C=O) groups excluding carboxylic acids is 1. The molecule has 1 aliphatic rings. The Morgan fingerprint density at radius 2 is 1.93 bits per heavy atom. The van der Waals surface area contributed by atoms with Gasteiger partial charge in [-0.3, -0.25) is 9.69 Å². The van der Waals surface area contributed by atoms with Gasteiger partial charge in [-0.1, -0.05) is 35.9 Å². The standard InChI is InChI=1S/C23H24ClN3OS/c1-16-22(18-7-9-20(24)10-8-18)26-21(29-16)14-25-23(28)19-6-4-5-17(13-19)15-27-11-2-3-12-27/h4-10,13H,2-3,11-12,14-15H2,1H3,(H,25,28). The molecule has 150 valence electrons. The summed E-state index contributed by atoms with van der Waals surface area (Å²) in [6.45, 7) is 5.69. The highest BCUT2D eigenvalue weighted by atomic mass is 35.5. The number of carbonyl (C=O) groups is 1. The van der Waals surface area contributed by atoms with Gasteiger partial charge in [0.1, 0.15) is 5.01 Å². The van der Waals surface area contributed by atoms with Crippen LogP contribution < -0.4 is 5.32 Å². The molecule has 1 amide bonds. The van der Waals surface area contributed by atoms with Gasteiger partial charge in [-0.2, -0.15) is 0 Å². The zero-order chi connectivity index (χ0) is 20.2. The van der Waals surface area contributed by atoms with Crippen molar-refractivity contribution in [3.63, 3.8) is 0 Å². The number of aromatic nitrogens is 1. The van der Waals surface area contributed by atoms with E-state index in [1.54, 1.807) is 11.3 Å². The monoisotopic (exact) mass is 425 g/mol. The maximum absolute atomic E-state index is 12.6. The minimum Gasteiger partial charge on any atom is -0.346 e. The molecule has 0 aliphatic carbocycles. The molecule has 1 fully saturated rings. The Hall–Kier alpha value is -2.21. The topological polar surface area (TPSA) is 45.2 Å². The van der Waals surface area contributed by atoms with Gasteiger partial charge in [0.2, 0.25) is 0 Å². The number of nitrogens with one attached hydrogen (secondary N) is 1. The quantitative estimate of drug-likeness (QED) is 0.583. The molecule has 6 heteroatoms. The summed E-state index contributed by atoms with van der Waals surface area (Å²) in [6, 6.07) is 15.6. The van der Waals surface area contributed by atoms with Crippen LogP contribution in [0.2, 0.25) is 5.02 Å². The molecule has 4 rings (SSSR count). The summed E-state index contributed by atoms with van der Waals surface area (Å²) in [4.78, 5) is 20.9. The van der Waals surface area contributed by atoms with Crippen LogP contribution in [-0.2, 0) is 13.1 Å². The van der Waals surface area contributed by atoms with Crippen molar-refractivity contribution >= 4 is 28.8 Å². The lowest BCUT2D eigenvalue weighted by molar-refractivity contribution is 0.0950. The lowest BCUT2D eigenvalue weighted by Crippen LogP contribution is -2.23. The van der Waals surface area contributed by atoms with Gasteiger partial charge < -0.3 is 5.32 Å². The van der Waals surface area contributed by atoms with Gasteiger partial charge in [0.25, 0.3) is 5.91 Å². The van der Waals surface area contributed by atoms with Crippen molar-refractivity contribution in [1.29, 1.82) is 0 Å². The van der Waals surface area contributed by atoms with Crippen LogP contribution in [0.25, 0.3) is 11.3 Å². The van der Waals surface area contributed by atoms with Gasteiger partial charge in [0, 0.05) is 27.6 Å². The molecule has 0 bridgehead atoms. The summed E-state index contributed by atoms with van der Waals surface area (Å²) in [5.74, 6) is -0.0610. The van der Waals surface area contributed by atoms with Gasteiger partial charge in [-0.05, 0) is 62.7 Å². The number of halogens is 1. The molecule has 0 atom stereocenters. The van der Waals surface area contributed by atoms with E-state index in [4.69, 9.17) is 16.6 Å². The van der Waals surface area contributed by atoms with Gasteiger partial charge in [-0.15, -0.1) is 11.3 Å². The van der Waals surface area contributed by atoms with Crippen molar-refractivity contribution in [1.82, 2.24) is 15.2 Å². The molecular formula is C23H24ClN3OS. The first-order chi connectivity index (χ1) is 14.1. The molecule has 1 aliphatic heterocycles. The maximum Gasteiger partial charge on any atom is 0.251 e. The van der Waals surface area contributed by atoms with E-state index >= 15 is 0 Å². The number of thiazole rings is 1. The van der Waals surface area contributed by atoms with Crippen LogP contribution in [0.3, 0.4) is 0 Å². The van der Waals surface area contributed by atoms with Crippen molar-refractivity contribution < 1.29 is 4.79 Å². The number of nitrogens with zero attached hydrogens (tertiary/aromatic N) is 2. The zero-order valence-electron chi connectivity index (χ0n) is 16.5. The highest BCUT2D eigenvalue weighted by Gasteiger charge is 2.14. The van der Waals surface area contributed by atoms with Gasteiger partial charge in [0.15, 0.2) is 0 Å². The summed E-state index contributed by atoms with van der Waals surface area (Å²) in [5, 5.41) is 4.62. The molecule has 0 radical (unpaired) electrons. The third-order valence-corrected chi connectivity index (χ3v) is 6.38. The fourth-order valence-electron chi connectivity index (χ4n) is 3.67. The van der Waals surface area contributed by atoms with Gasteiger partial charge >= 0.3 is 0 Å². The Morgan fingerprint density at radius 1 is 1.17 bits per heavy atom. The summed E-state index contributed by atoms with van der Waals surface area (Å²) >= 11 is 7.59. The number of amides is 1. The van der Waals surface area contributed by atoms with E-state index in [1.165, 1.54) is 18.4 Å². The molecule has 1 saturated heterocycles. The van der Waals surface area contributed by atoms with Crippen LogP contribution in [0.15, 0.2) is 48.5 Å². The second-order valence-electron chi connectivity index (χ2n) is 7.39. The molecule has 29 heavy (non-hydrogen) atoms. The fourth-order valence-corrected chi connectivity index (χ4v) is 4.69. The number of likely N-dealkylation sites (tertiary alicyclic amines) is 1. The summed E-state index contributed by atoms with van der Waals surface area (Å²) in [7, 11) is 0. The first-order valence-electron chi connectivity index (χ1n) is 9.90. The Kier molecular flexibility index (Phi) is 6.28. The number of aryl methyl sites for hydroxylation is 1. The SMILES string of the molecule is Cc1sc(CNC(=O)c2cccc(CN3CCCC3)c2)nc1-c1ccc(Cl)cc1. The van der Waals surface area contributed by atoms with Crippen LogP contribution in [-0.4, -0.2) is 28.9 Å². The second kappa shape index (κ2) is 9.08. The van der Waals surface area contributed by atoms with Gasteiger partial charge in [-0.25, -0.2) is 4.98 Å². The number of hydrogen-bond donors (Lipinski definition) is 1.